The lowest BCUT2D eigenvalue weighted by atomic mass is 10.1. The highest BCUT2D eigenvalue weighted by atomic mass is 19.1. The van der Waals surface area contributed by atoms with Gasteiger partial charge >= 0.3 is 0 Å². The van der Waals surface area contributed by atoms with Crippen LogP contribution in [0.1, 0.15) is 5.56 Å². The van der Waals surface area contributed by atoms with Crippen LogP contribution in [0.2, 0.25) is 0 Å². The van der Waals surface area contributed by atoms with Crippen molar-refractivity contribution >= 4 is 5.91 Å². The van der Waals surface area contributed by atoms with Crippen LogP contribution in [-0.2, 0) is 17.9 Å². The maximum absolute atomic E-state index is 13.1. The van der Waals surface area contributed by atoms with Gasteiger partial charge in [0.15, 0.2) is 11.5 Å². The Balaban J connectivity index is 1.43. The number of nitrogens with zero attached hydrogens (tertiary/aromatic N) is 2. The van der Waals surface area contributed by atoms with Gasteiger partial charge in [-0.15, -0.1) is 0 Å². The minimum absolute atomic E-state index is 0.185. The maximum Gasteiger partial charge on any atom is 0.267 e. The minimum atomic E-state index is -0.399. The van der Waals surface area contributed by atoms with Crippen molar-refractivity contribution in [3.8, 4) is 22.8 Å². The zero-order valence-electron chi connectivity index (χ0n) is 14.7. The fraction of sp³-hybridized carbons (Fsp3) is 0.150. The van der Waals surface area contributed by atoms with Crippen LogP contribution >= 0.6 is 0 Å². The van der Waals surface area contributed by atoms with Gasteiger partial charge in [0, 0.05) is 18.2 Å². The topological polar surface area (TPSA) is 82.5 Å². The summed E-state index contributed by atoms with van der Waals surface area (Å²) >= 11 is 0. The summed E-state index contributed by atoms with van der Waals surface area (Å²) in [6, 6.07) is 14.0. The molecule has 0 unspecified atom stereocenters. The van der Waals surface area contributed by atoms with Gasteiger partial charge in [0.1, 0.15) is 12.4 Å². The predicted molar refractivity (Wildman–Crippen MR) is 98.3 cm³/mol. The number of hydrogen-bond acceptors (Lipinski definition) is 5. The van der Waals surface area contributed by atoms with Gasteiger partial charge in [0.2, 0.25) is 12.7 Å². The molecule has 1 aliphatic heterocycles. The SMILES string of the molecule is O=C(Cn1nc(-c2ccc(F)cc2)ccc1=O)NCc1ccc2c(c1)OCO2. The number of carbonyl (C=O) groups excluding carboxylic acids is 1. The number of hydrogen-bond donors (Lipinski definition) is 1. The van der Waals surface area contributed by atoms with E-state index in [-0.39, 0.29) is 31.6 Å². The summed E-state index contributed by atoms with van der Waals surface area (Å²) in [6.45, 7) is 0.241. The molecule has 8 heteroatoms. The maximum atomic E-state index is 13.1. The zero-order valence-corrected chi connectivity index (χ0v) is 14.7. The predicted octanol–water partition coefficient (Wildman–Crippen LogP) is 2.09. The lowest BCUT2D eigenvalue weighted by Gasteiger charge is -2.09. The molecule has 0 radical (unpaired) electrons. The summed E-state index contributed by atoms with van der Waals surface area (Å²) in [5, 5.41) is 6.95. The molecule has 0 saturated heterocycles. The van der Waals surface area contributed by atoms with E-state index in [9.17, 15) is 14.0 Å². The molecule has 28 heavy (non-hydrogen) atoms. The van der Waals surface area contributed by atoms with Crippen LogP contribution in [0.15, 0.2) is 59.4 Å². The van der Waals surface area contributed by atoms with E-state index in [1.165, 1.54) is 24.3 Å². The van der Waals surface area contributed by atoms with Crippen molar-refractivity contribution in [1.29, 1.82) is 0 Å². The second kappa shape index (κ2) is 7.51. The summed E-state index contributed by atoms with van der Waals surface area (Å²) in [6.07, 6.45) is 0. The molecule has 1 amide bonds. The highest BCUT2D eigenvalue weighted by molar-refractivity contribution is 5.75. The highest BCUT2D eigenvalue weighted by Gasteiger charge is 2.14. The van der Waals surface area contributed by atoms with Crippen LogP contribution in [0.25, 0.3) is 11.3 Å². The van der Waals surface area contributed by atoms with Crippen LogP contribution in [0, 0.1) is 5.82 Å². The van der Waals surface area contributed by atoms with Gasteiger partial charge in [-0.1, -0.05) is 6.07 Å². The first-order valence-electron chi connectivity index (χ1n) is 8.58. The third kappa shape index (κ3) is 3.85. The lowest BCUT2D eigenvalue weighted by Crippen LogP contribution is -2.33. The third-order valence-electron chi connectivity index (χ3n) is 4.23. The first-order chi connectivity index (χ1) is 13.6. The molecule has 0 saturated carbocycles. The first-order valence-corrected chi connectivity index (χ1v) is 8.58. The zero-order chi connectivity index (χ0) is 19.5. The molecule has 0 bridgehead atoms. The van der Waals surface area contributed by atoms with Gasteiger partial charge in [0.05, 0.1) is 5.69 Å². The van der Waals surface area contributed by atoms with Crippen LogP contribution < -0.4 is 20.3 Å². The quantitative estimate of drug-likeness (QED) is 0.732. The van der Waals surface area contributed by atoms with Crippen molar-refractivity contribution in [2.24, 2.45) is 0 Å². The van der Waals surface area contributed by atoms with Crippen LogP contribution in [0.3, 0.4) is 0 Å². The molecule has 2 heterocycles. The number of halogens is 1. The van der Waals surface area contributed by atoms with Crippen molar-refractivity contribution in [1.82, 2.24) is 15.1 Å². The Labute approximate surface area is 159 Å². The number of nitrogens with one attached hydrogen (secondary N) is 1. The summed E-state index contributed by atoms with van der Waals surface area (Å²) in [4.78, 5) is 24.3. The number of benzene rings is 2. The highest BCUT2D eigenvalue weighted by Crippen LogP contribution is 2.32. The van der Waals surface area contributed by atoms with Crippen molar-refractivity contribution in [2.75, 3.05) is 6.79 Å². The standard InChI is InChI=1S/C20H16FN3O4/c21-15-4-2-14(3-5-15)16-6-8-20(26)24(23-16)11-19(25)22-10-13-1-7-17-18(9-13)28-12-27-17/h1-9H,10-12H2,(H,22,25). The smallest absolute Gasteiger partial charge is 0.267 e. The van der Waals surface area contributed by atoms with E-state index in [0.29, 0.717) is 22.8 Å². The molecule has 0 atom stereocenters. The Morgan fingerprint density at radius 3 is 2.68 bits per heavy atom. The molecule has 2 aromatic carbocycles. The molecule has 0 fully saturated rings. The molecule has 0 aliphatic carbocycles. The summed E-state index contributed by atoms with van der Waals surface area (Å²) in [7, 11) is 0. The first kappa shape index (κ1) is 17.7. The monoisotopic (exact) mass is 381 g/mol. The molecule has 0 spiro atoms. The Kier molecular flexibility index (Phi) is 4.76. The fourth-order valence-corrected chi connectivity index (χ4v) is 2.78. The van der Waals surface area contributed by atoms with Crippen molar-refractivity contribution in [3.05, 3.63) is 76.3 Å². The molecule has 7 nitrogen and oxygen atoms in total. The second-order valence-corrected chi connectivity index (χ2v) is 6.19. The van der Waals surface area contributed by atoms with Crippen LogP contribution in [0.5, 0.6) is 11.5 Å². The normalized spacial score (nSPS) is 12.0. The molecule has 4 rings (SSSR count). The van der Waals surface area contributed by atoms with Crippen LogP contribution in [-0.4, -0.2) is 22.5 Å². The largest absolute Gasteiger partial charge is 0.454 e. The third-order valence-corrected chi connectivity index (χ3v) is 4.23. The molecule has 1 aromatic heterocycles. The van der Waals surface area contributed by atoms with E-state index < -0.39 is 5.56 Å². The van der Waals surface area contributed by atoms with E-state index in [1.54, 1.807) is 24.3 Å². The molecular weight excluding hydrogens is 365 g/mol. The van der Waals surface area contributed by atoms with E-state index in [4.69, 9.17) is 9.47 Å². The Bertz CT molecular complexity index is 1080. The molecule has 142 valence electrons. The van der Waals surface area contributed by atoms with E-state index in [2.05, 4.69) is 10.4 Å². The van der Waals surface area contributed by atoms with Gasteiger partial charge in [-0.05, 0) is 48.0 Å². The number of rotatable bonds is 5. The minimum Gasteiger partial charge on any atom is -0.454 e. The summed E-state index contributed by atoms with van der Waals surface area (Å²) in [5.74, 6) is 0.587. The van der Waals surface area contributed by atoms with E-state index in [0.717, 1.165) is 10.2 Å². The summed E-state index contributed by atoms with van der Waals surface area (Å²) in [5.41, 5.74) is 1.57. The van der Waals surface area contributed by atoms with Gasteiger partial charge in [-0.3, -0.25) is 9.59 Å². The fourth-order valence-electron chi connectivity index (χ4n) is 2.78. The number of fused-ring (bicyclic) bond motifs is 1. The van der Waals surface area contributed by atoms with Gasteiger partial charge in [-0.25, -0.2) is 9.07 Å². The molecule has 1 N–H and O–H groups in total. The molecule has 3 aromatic rings. The lowest BCUT2D eigenvalue weighted by molar-refractivity contribution is -0.122. The molecule has 1 aliphatic rings. The van der Waals surface area contributed by atoms with Crippen molar-refractivity contribution in [3.63, 3.8) is 0 Å². The van der Waals surface area contributed by atoms with Crippen molar-refractivity contribution < 1.29 is 18.7 Å². The Hall–Kier alpha value is -3.68. The second-order valence-electron chi connectivity index (χ2n) is 6.19. The average Bonchev–Trinajstić information content (AvgIpc) is 3.17. The van der Waals surface area contributed by atoms with E-state index in [1.807, 2.05) is 6.07 Å². The van der Waals surface area contributed by atoms with Gasteiger partial charge < -0.3 is 14.8 Å². The number of carbonyl (C=O) groups is 1. The Morgan fingerprint density at radius 1 is 1.07 bits per heavy atom. The van der Waals surface area contributed by atoms with Gasteiger partial charge in [-0.2, -0.15) is 5.10 Å². The van der Waals surface area contributed by atoms with Crippen LogP contribution in [0.4, 0.5) is 4.39 Å². The average molecular weight is 381 g/mol. The Morgan fingerprint density at radius 2 is 1.86 bits per heavy atom. The summed E-state index contributed by atoms with van der Waals surface area (Å²) < 4.78 is 24.7. The van der Waals surface area contributed by atoms with E-state index >= 15 is 0 Å². The number of amides is 1. The van der Waals surface area contributed by atoms with Gasteiger partial charge in [0.25, 0.3) is 5.56 Å². The number of ether oxygens (including phenoxy) is 2. The van der Waals surface area contributed by atoms with Crippen molar-refractivity contribution in [2.45, 2.75) is 13.1 Å². The molecular formula is C20H16FN3O4. The number of aromatic nitrogens is 2.